The maximum Gasteiger partial charge on any atom is 0.334 e. The van der Waals surface area contributed by atoms with Crippen LogP contribution in [0, 0.1) is 11.3 Å². The SMILES string of the molecule is C=C1C(=O)OC2C3=C(C)CC[C@@H](O)[C@]3(C)CC[C@@H]12. The summed E-state index contributed by atoms with van der Waals surface area (Å²) in [4.78, 5) is 11.7. The molecular weight excluding hydrogens is 228 g/mol. The van der Waals surface area contributed by atoms with E-state index < -0.39 is 0 Å². The van der Waals surface area contributed by atoms with Crippen LogP contribution in [-0.4, -0.2) is 23.3 Å². The first-order valence-electron chi connectivity index (χ1n) is 6.73. The Bertz CT molecular complexity index is 462. The molecule has 0 amide bonds. The van der Waals surface area contributed by atoms with Crippen molar-refractivity contribution >= 4 is 5.97 Å². The minimum absolute atomic E-state index is 0.126. The fourth-order valence-electron chi connectivity index (χ4n) is 3.99. The molecule has 0 radical (unpaired) electrons. The van der Waals surface area contributed by atoms with Gasteiger partial charge in [0.25, 0.3) is 0 Å². The number of rotatable bonds is 0. The molecule has 0 aromatic rings. The molecule has 2 fully saturated rings. The molecule has 98 valence electrons. The van der Waals surface area contributed by atoms with E-state index in [1.165, 1.54) is 11.1 Å². The molecule has 1 saturated carbocycles. The summed E-state index contributed by atoms with van der Waals surface area (Å²) in [7, 11) is 0. The van der Waals surface area contributed by atoms with Crippen LogP contribution in [0.4, 0.5) is 0 Å². The zero-order valence-corrected chi connectivity index (χ0v) is 11.0. The topological polar surface area (TPSA) is 46.5 Å². The molecule has 4 atom stereocenters. The lowest BCUT2D eigenvalue weighted by atomic mass is 9.59. The van der Waals surface area contributed by atoms with Gasteiger partial charge >= 0.3 is 5.97 Å². The summed E-state index contributed by atoms with van der Waals surface area (Å²) in [5.74, 6) is -0.129. The van der Waals surface area contributed by atoms with Crippen molar-refractivity contribution in [2.45, 2.75) is 51.7 Å². The number of esters is 1. The molecule has 1 N–H and O–H groups in total. The first-order chi connectivity index (χ1) is 8.45. The van der Waals surface area contributed by atoms with Crippen molar-refractivity contribution in [3.05, 3.63) is 23.3 Å². The second kappa shape index (κ2) is 3.70. The fourth-order valence-corrected chi connectivity index (χ4v) is 3.99. The number of hydrogen-bond donors (Lipinski definition) is 1. The molecule has 3 aliphatic rings. The molecule has 1 unspecified atom stereocenters. The molecule has 0 aromatic carbocycles. The van der Waals surface area contributed by atoms with E-state index in [1.807, 2.05) is 0 Å². The Labute approximate surface area is 108 Å². The average molecular weight is 248 g/mol. The third kappa shape index (κ3) is 1.37. The van der Waals surface area contributed by atoms with Gasteiger partial charge in [-0.3, -0.25) is 0 Å². The smallest absolute Gasteiger partial charge is 0.334 e. The van der Waals surface area contributed by atoms with Crippen LogP contribution >= 0.6 is 0 Å². The van der Waals surface area contributed by atoms with Crippen LogP contribution in [0.1, 0.15) is 39.5 Å². The Morgan fingerprint density at radius 2 is 2.17 bits per heavy atom. The number of aliphatic hydroxyl groups excluding tert-OH is 1. The van der Waals surface area contributed by atoms with Gasteiger partial charge in [-0.15, -0.1) is 0 Å². The molecule has 0 aromatic heterocycles. The molecular formula is C15H20O3. The second-order valence-corrected chi connectivity index (χ2v) is 6.16. The van der Waals surface area contributed by atoms with Gasteiger partial charge in [0, 0.05) is 16.9 Å². The predicted octanol–water partition coefficient (Wildman–Crippen LogP) is 2.36. The summed E-state index contributed by atoms with van der Waals surface area (Å²) in [6.45, 7) is 8.08. The molecule has 3 rings (SSSR count). The highest BCUT2D eigenvalue weighted by molar-refractivity contribution is 5.91. The molecule has 3 heteroatoms. The van der Waals surface area contributed by atoms with Crippen molar-refractivity contribution in [3.63, 3.8) is 0 Å². The summed E-state index contributed by atoms with van der Waals surface area (Å²) in [6.07, 6.45) is 3.04. The number of allylic oxidation sites excluding steroid dienone is 1. The zero-order valence-electron chi connectivity index (χ0n) is 11.0. The summed E-state index contributed by atoms with van der Waals surface area (Å²) < 4.78 is 5.52. The highest BCUT2D eigenvalue weighted by Crippen LogP contribution is 2.55. The van der Waals surface area contributed by atoms with Crippen LogP contribution in [0.3, 0.4) is 0 Å². The van der Waals surface area contributed by atoms with E-state index in [-0.39, 0.29) is 29.5 Å². The normalized spacial score (nSPS) is 43.6. The summed E-state index contributed by atoms with van der Waals surface area (Å²) in [5, 5.41) is 10.3. The second-order valence-electron chi connectivity index (χ2n) is 6.16. The van der Waals surface area contributed by atoms with Gasteiger partial charge in [-0.1, -0.05) is 19.1 Å². The Morgan fingerprint density at radius 3 is 2.89 bits per heavy atom. The maximum absolute atomic E-state index is 11.7. The fraction of sp³-hybridized carbons (Fsp3) is 0.667. The Balaban J connectivity index is 2.08. The van der Waals surface area contributed by atoms with E-state index in [9.17, 15) is 9.90 Å². The van der Waals surface area contributed by atoms with Gasteiger partial charge in [0.2, 0.25) is 0 Å². The van der Waals surface area contributed by atoms with Crippen molar-refractivity contribution < 1.29 is 14.6 Å². The van der Waals surface area contributed by atoms with E-state index in [2.05, 4.69) is 20.4 Å². The van der Waals surface area contributed by atoms with E-state index >= 15 is 0 Å². The van der Waals surface area contributed by atoms with Gasteiger partial charge in [-0.2, -0.15) is 0 Å². The van der Waals surface area contributed by atoms with E-state index in [0.29, 0.717) is 5.57 Å². The first-order valence-corrected chi connectivity index (χ1v) is 6.73. The summed E-state index contributed by atoms with van der Waals surface area (Å²) in [5.41, 5.74) is 2.86. The number of aliphatic hydroxyl groups is 1. The summed E-state index contributed by atoms with van der Waals surface area (Å²) in [6, 6.07) is 0. The van der Waals surface area contributed by atoms with Crippen molar-refractivity contribution in [2.24, 2.45) is 11.3 Å². The minimum atomic E-state index is -0.315. The van der Waals surface area contributed by atoms with Crippen molar-refractivity contribution in [2.75, 3.05) is 0 Å². The highest BCUT2D eigenvalue weighted by atomic mass is 16.6. The van der Waals surface area contributed by atoms with Crippen molar-refractivity contribution in [3.8, 4) is 0 Å². The van der Waals surface area contributed by atoms with Crippen LogP contribution in [-0.2, 0) is 9.53 Å². The number of ether oxygens (including phenoxy) is 1. The van der Waals surface area contributed by atoms with Gasteiger partial charge in [-0.25, -0.2) is 4.79 Å². The van der Waals surface area contributed by atoms with Crippen LogP contribution in [0.2, 0.25) is 0 Å². The van der Waals surface area contributed by atoms with Crippen LogP contribution in [0.5, 0.6) is 0 Å². The zero-order chi connectivity index (χ0) is 13.1. The summed E-state index contributed by atoms with van der Waals surface area (Å²) >= 11 is 0. The molecule has 18 heavy (non-hydrogen) atoms. The highest BCUT2D eigenvalue weighted by Gasteiger charge is 2.54. The Kier molecular flexibility index (Phi) is 2.46. The molecule has 0 bridgehead atoms. The molecule has 0 spiro atoms. The monoisotopic (exact) mass is 248 g/mol. The number of fused-ring (bicyclic) bond motifs is 3. The van der Waals surface area contributed by atoms with E-state index in [0.717, 1.165) is 25.7 Å². The Hall–Kier alpha value is -1.09. The molecule has 3 nitrogen and oxygen atoms in total. The quantitative estimate of drug-likeness (QED) is 0.406. The standard InChI is InChI=1S/C15H20O3/c1-8-4-5-11(16)15(3)7-6-10-9(2)14(17)18-13(10)12(8)15/h10-11,13,16H,2,4-7H2,1,3H3/t10-,11+,13?,15-/m0/s1. The number of carbonyl (C=O) groups is 1. The third-order valence-electron chi connectivity index (χ3n) is 5.17. The van der Waals surface area contributed by atoms with Gasteiger partial charge in [0.15, 0.2) is 0 Å². The third-order valence-corrected chi connectivity index (χ3v) is 5.17. The first kappa shape index (κ1) is 12.0. The van der Waals surface area contributed by atoms with E-state index in [4.69, 9.17) is 4.74 Å². The minimum Gasteiger partial charge on any atom is -0.454 e. The van der Waals surface area contributed by atoms with Crippen LogP contribution in [0.25, 0.3) is 0 Å². The lowest BCUT2D eigenvalue weighted by molar-refractivity contribution is -0.139. The molecule has 1 heterocycles. The van der Waals surface area contributed by atoms with Crippen LogP contribution < -0.4 is 0 Å². The number of hydrogen-bond acceptors (Lipinski definition) is 3. The average Bonchev–Trinajstić information content (AvgIpc) is 2.60. The molecule has 1 aliphatic heterocycles. The van der Waals surface area contributed by atoms with Gasteiger partial charge < -0.3 is 9.84 Å². The number of carbonyl (C=O) groups excluding carboxylic acids is 1. The lowest BCUT2D eigenvalue weighted by Crippen LogP contribution is -2.46. The largest absolute Gasteiger partial charge is 0.454 e. The van der Waals surface area contributed by atoms with Crippen LogP contribution in [0.15, 0.2) is 23.3 Å². The Morgan fingerprint density at radius 1 is 1.44 bits per heavy atom. The maximum atomic E-state index is 11.7. The van der Waals surface area contributed by atoms with Gasteiger partial charge in [-0.05, 0) is 38.2 Å². The van der Waals surface area contributed by atoms with Crippen molar-refractivity contribution in [1.82, 2.24) is 0 Å². The molecule has 1 saturated heterocycles. The van der Waals surface area contributed by atoms with Gasteiger partial charge in [0.05, 0.1) is 6.10 Å². The van der Waals surface area contributed by atoms with Gasteiger partial charge in [0.1, 0.15) is 6.10 Å². The predicted molar refractivity (Wildman–Crippen MR) is 67.8 cm³/mol. The lowest BCUT2D eigenvalue weighted by Gasteiger charge is -2.48. The van der Waals surface area contributed by atoms with E-state index in [1.54, 1.807) is 0 Å². The molecule has 2 aliphatic carbocycles. The van der Waals surface area contributed by atoms with Crippen molar-refractivity contribution in [1.29, 1.82) is 0 Å².